The van der Waals surface area contributed by atoms with E-state index in [4.69, 9.17) is 16.3 Å². The lowest BCUT2D eigenvalue weighted by molar-refractivity contribution is -0.127. The van der Waals surface area contributed by atoms with Crippen LogP contribution in [0.5, 0.6) is 0 Å². The standard InChI is InChI=1S/C20H18BrClN2O3/c1-27-17-10-23-18(25)9-15(11-3-2-4-13(22)7-11)20(17)14-6-5-12(21)8-16(14)24-19(20)26/h2-8,15,17H,9-10H2,1H3,(H,23,25)(H,24,26)/t15-,17-,20-/m0/s1. The maximum atomic E-state index is 13.4. The molecule has 140 valence electrons. The van der Waals surface area contributed by atoms with E-state index in [-0.39, 0.29) is 24.8 Å². The van der Waals surface area contributed by atoms with Crippen LogP contribution in [0.3, 0.4) is 0 Å². The molecule has 7 heteroatoms. The molecule has 2 aromatic carbocycles. The Balaban J connectivity index is 2.00. The molecule has 5 nitrogen and oxygen atoms in total. The van der Waals surface area contributed by atoms with Crippen molar-refractivity contribution in [1.29, 1.82) is 0 Å². The van der Waals surface area contributed by atoms with Gasteiger partial charge in [0.05, 0.1) is 6.10 Å². The van der Waals surface area contributed by atoms with Crippen molar-refractivity contribution in [3.05, 3.63) is 63.1 Å². The Morgan fingerprint density at radius 2 is 2.04 bits per heavy atom. The molecule has 0 bridgehead atoms. The van der Waals surface area contributed by atoms with Crippen LogP contribution in [0.15, 0.2) is 46.9 Å². The zero-order valence-corrected chi connectivity index (χ0v) is 16.9. The number of fused-ring (bicyclic) bond motifs is 2. The molecule has 2 N–H and O–H groups in total. The van der Waals surface area contributed by atoms with Gasteiger partial charge in [-0.15, -0.1) is 0 Å². The van der Waals surface area contributed by atoms with Gasteiger partial charge in [0.1, 0.15) is 5.41 Å². The molecule has 3 atom stereocenters. The molecule has 2 aromatic rings. The fraction of sp³-hybridized carbons (Fsp3) is 0.300. The Morgan fingerprint density at radius 1 is 1.22 bits per heavy atom. The molecule has 1 fully saturated rings. The van der Waals surface area contributed by atoms with E-state index >= 15 is 0 Å². The number of nitrogens with one attached hydrogen (secondary N) is 2. The average Bonchev–Trinajstić information content (AvgIpc) is 2.81. The summed E-state index contributed by atoms with van der Waals surface area (Å²) in [6, 6.07) is 13.1. The molecule has 0 radical (unpaired) electrons. The molecule has 2 aliphatic heterocycles. The molecule has 4 rings (SSSR count). The Bertz CT molecular complexity index is 935. The number of rotatable bonds is 2. The highest BCUT2D eigenvalue weighted by atomic mass is 79.9. The van der Waals surface area contributed by atoms with E-state index in [1.165, 1.54) is 0 Å². The van der Waals surface area contributed by atoms with E-state index in [2.05, 4.69) is 26.6 Å². The maximum Gasteiger partial charge on any atom is 0.238 e. The number of ether oxygens (including phenoxy) is 1. The number of anilines is 1. The fourth-order valence-electron chi connectivity index (χ4n) is 4.38. The van der Waals surface area contributed by atoms with E-state index in [0.29, 0.717) is 5.02 Å². The SMILES string of the molecule is CO[C@H]1CNC(=O)C[C@@H](c2cccc(Cl)c2)[C@]12C(=O)Nc1cc(Br)ccc12. The van der Waals surface area contributed by atoms with Crippen LogP contribution in [0.2, 0.25) is 5.02 Å². The first-order chi connectivity index (χ1) is 13.0. The number of benzene rings is 2. The monoisotopic (exact) mass is 448 g/mol. The molecule has 0 aromatic heterocycles. The van der Waals surface area contributed by atoms with Gasteiger partial charge < -0.3 is 15.4 Å². The lowest BCUT2D eigenvalue weighted by atomic mass is 9.64. The summed E-state index contributed by atoms with van der Waals surface area (Å²) in [5.74, 6) is -0.688. The summed E-state index contributed by atoms with van der Waals surface area (Å²) >= 11 is 9.68. The number of halogens is 2. The lowest BCUT2D eigenvalue weighted by Crippen LogP contribution is -2.52. The molecule has 1 saturated heterocycles. The van der Waals surface area contributed by atoms with Gasteiger partial charge in [0.2, 0.25) is 11.8 Å². The quantitative estimate of drug-likeness (QED) is 0.736. The van der Waals surface area contributed by atoms with Gasteiger partial charge in [-0.2, -0.15) is 0 Å². The van der Waals surface area contributed by atoms with E-state index in [0.717, 1.165) is 21.3 Å². The van der Waals surface area contributed by atoms with Gasteiger partial charge in [0, 0.05) is 41.2 Å². The van der Waals surface area contributed by atoms with Gasteiger partial charge in [-0.3, -0.25) is 9.59 Å². The van der Waals surface area contributed by atoms with Gasteiger partial charge in [0.25, 0.3) is 0 Å². The van der Waals surface area contributed by atoms with Crippen LogP contribution in [-0.4, -0.2) is 31.6 Å². The van der Waals surface area contributed by atoms with E-state index in [9.17, 15) is 9.59 Å². The zero-order valence-electron chi connectivity index (χ0n) is 14.6. The lowest BCUT2D eigenvalue weighted by Gasteiger charge is -2.39. The van der Waals surface area contributed by atoms with Gasteiger partial charge >= 0.3 is 0 Å². The Kier molecular flexibility index (Phi) is 4.74. The van der Waals surface area contributed by atoms with Crippen molar-refractivity contribution >= 4 is 45.0 Å². The van der Waals surface area contributed by atoms with Crippen LogP contribution < -0.4 is 10.6 Å². The molecule has 1 spiro atoms. The van der Waals surface area contributed by atoms with Gasteiger partial charge in [0.15, 0.2) is 0 Å². The summed E-state index contributed by atoms with van der Waals surface area (Å²) in [6.07, 6.45) is -0.348. The smallest absolute Gasteiger partial charge is 0.238 e. The highest BCUT2D eigenvalue weighted by molar-refractivity contribution is 9.10. The normalized spacial score (nSPS) is 27.1. The van der Waals surface area contributed by atoms with Crippen molar-refractivity contribution in [2.45, 2.75) is 23.9 Å². The maximum absolute atomic E-state index is 13.4. The van der Waals surface area contributed by atoms with Gasteiger partial charge in [-0.25, -0.2) is 0 Å². The van der Waals surface area contributed by atoms with Crippen molar-refractivity contribution in [3.8, 4) is 0 Å². The van der Waals surface area contributed by atoms with Crippen LogP contribution in [-0.2, 0) is 19.7 Å². The first kappa shape index (κ1) is 18.5. The highest BCUT2D eigenvalue weighted by Gasteiger charge is 2.59. The third-order valence-electron chi connectivity index (χ3n) is 5.52. The molecule has 2 aliphatic rings. The van der Waals surface area contributed by atoms with Crippen molar-refractivity contribution < 1.29 is 14.3 Å². The number of carbonyl (C=O) groups is 2. The minimum Gasteiger partial charge on any atom is -0.378 e. The van der Waals surface area contributed by atoms with E-state index in [1.54, 1.807) is 13.2 Å². The van der Waals surface area contributed by atoms with Crippen LogP contribution >= 0.6 is 27.5 Å². The molecule has 0 saturated carbocycles. The number of carbonyl (C=O) groups excluding carboxylic acids is 2. The van der Waals surface area contributed by atoms with Gasteiger partial charge in [-0.1, -0.05) is 45.7 Å². The largest absolute Gasteiger partial charge is 0.378 e. The van der Waals surface area contributed by atoms with Crippen LogP contribution in [0.4, 0.5) is 5.69 Å². The number of hydrogen-bond acceptors (Lipinski definition) is 3. The second-order valence-electron chi connectivity index (χ2n) is 6.85. The molecule has 0 aliphatic carbocycles. The third-order valence-corrected chi connectivity index (χ3v) is 6.25. The average molecular weight is 450 g/mol. The Morgan fingerprint density at radius 3 is 2.78 bits per heavy atom. The summed E-state index contributed by atoms with van der Waals surface area (Å²) in [5, 5.41) is 6.45. The molecule has 27 heavy (non-hydrogen) atoms. The Hall–Kier alpha value is -1.89. The predicted octanol–water partition coefficient (Wildman–Crippen LogP) is 3.61. The first-order valence-electron chi connectivity index (χ1n) is 8.63. The van der Waals surface area contributed by atoms with Crippen molar-refractivity contribution in [3.63, 3.8) is 0 Å². The fourth-order valence-corrected chi connectivity index (χ4v) is 4.94. The summed E-state index contributed by atoms with van der Waals surface area (Å²) in [7, 11) is 1.57. The molecule has 2 amide bonds. The first-order valence-corrected chi connectivity index (χ1v) is 9.80. The second-order valence-corrected chi connectivity index (χ2v) is 8.21. The minimum absolute atomic E-state index is 0.114. The highest BCUT2D eigenvalue weighted by Crippen LogP contribution is 2.53. The summed E-state index contributed by atoms with van der Waals surface area (Å²) in [4.78, 5) is 25.9. The summed E-state index contributed by atoms with van der Waals surface area (Å²) < 4.78 is 6.65. The van der Waals surface area contributed by atoms with Crippen molar-refractivity contribution in [2.24, 2.45) is 0 Å². The Labute approximate surface area is 170 Å². The molecular weight excluding hydrogens is 432 g/mol. The number of hydrogen-bond donors (Lipinski definition) is 2. The topological polar surface area (TPSA) is 67.4 Å². The van der Waals surface area contributed by atoms with Gasteiger partial charge in [-0.05, 0) is 35.4 Å². The summed E-state index contributed by atoms with van der Waals surface area (Å²) in [5.41, 5.74) is 1.38. The minimum atomic E-state index is -1.03. The predicted molar refractivity (Wildman–Crippen MR) is 107 cm³/mol. The number of methoxy groups -OCH3 is 1. The van der Waals surface area contributed by atoms with Crippen LogP contribution in [0, 0.1) is 0 Å². The summed E-state index contributed by atoms with van der Waals surface area (Å²) in [6.45, 7) is 0.259. The van der Waals surface area contributed by atoms with E-state index < -0.39 is 17.4 Å². The third kappa shape index (κ3) is 2.87. The molecular formula is C20H18BrClN2O3. The second kappa shape index (κ2) is 6.93. The zero-order chi connectivity index (χ0) is 19.2. The molecule has 0 unspecified atom stereocenters. The van der Waals surface area contributed by atoms with Crippen molar-refractivity contribution in [2.75, 3.05) is 19.0 Å². The number of amides is 2. The van der Waals surface area contributed by atoms with E-state index in [1.807, 2.05) is 36.4 Å². The van der Waals surface area contributed by atoms with Crippen LogP contribution in [0.25, 0.3) is 0 Å². The molecule has 2 heterocycles. The van der Waals surface area contributed by atoms with Crippen molar-refractivity contribution in [1.82, 2.24) is 5.32 Å². The van der Waals surface area contributed by atoms with Crippen LogP contribution in [0.1, 0.15) is 23.5 Å².